The van der Waals surface area contributed by atoms with Crippen molar-refractivity contribution < 1.29 is 0 Å². The number of halogens is 1. The average Bonchev–Trinajstić information content (AvgIpc) is 2.18. The molecule has 1 rings (SSSR count). The Balaban J connectivity index is 2.14. The Kier molecular flexibility index (Phi) is 6.16. The van der Waals surface area contributed by atoms with E-state index in [9.17, 15) is 0 Å². The summed E-state index contributed by atoms with van der Waals surface area (Å²) < 4.78 is 0. The topological polar surface area (TPSA) is 0 Å². The number of rotatable bonds is 5. The van der Waals surface area contributed by atoms with E-state index < -0.39 is 0 Å². The van der Waals surface area contributed by atoms with Crippen LogP contribution in [-0.4, -0.2) is 4.83 Å². The normalized spacial score (nSPS) is 33.2. The summed E-state index contributed by atoms with van der Waals surface area (Å²) in [5, 5.41) is 0. The van der Waals surface area contributed by atoms with Gasteiger partial charge in [0.25, 0.3) is 0 Å². The predicted octanol–water partition coefficient (Wildman–Crippen LogP) is 5.16. The molecule has 0 bridgehead atoms. The lowest BCUT2D eigenvalue weighted by atomic mass is 9.80. The van der Waals surface area contributed by atoms with Crippen molar-refractivity contribution in [1.82, 2.24) is 0 Å². The molecule has 0 spiro atoms. The average molecular weight is 261 g/mol. The Morgan fingerprint density at radius 3 is 2.64 bits per heavy atom. The van der Waals surface area contributed by atoms with Crippen molar-refractivity contribution in [2.75, 3.05) is 0 Å². The van der Waals surface area contributed by atoms with Crippen LogP contribution in [0.15, 0.2) is 0 Å². The summed E-state index contributed by atoms with van der Waals surface area (Å²) in [5.74, 6) is 1.94. The Morgan fingerprint density at radius 1 is 1.14 bits per heavy atom. The van der Waals surface area contributed by atoms with Crippen LogP contribution in [-0.2, 0) is 0 Å². The van der Waals surface area contributed by atoms with Crippen LogP contribution < -0.4 is 0 Å². The fourth-order valence-electron chi connectivity index (χ4n) is 2.59. The first-order valence-corrected chi connectivity index (χ1v) is 7.29. The highest BCUT2D eigenvalue weighted by Gasteiger charge is 2.25. The molecule has 3 atom stereocenters. The lowest BCUT2D eigenvalue weighted by Gasteiger charge is -2.31. The van der Waals surface area contributed by atoms with Crippen LogP contribution in [0.4, 0.5) is 0 Å². The van der Waals surface area contributed by atoms with Crippen LogP contribution in [0.5, 0.6) is 0 Å². The monoisotopic (exact) mass is 260 g/mol. The number of alkyl halides is 1. The van der Waals surface area contributed by atoms with Gasteiger partial charge in [-0.1, -0.05) is 55.5 Å². The van der Waals surface area contributed by atoms with E-state index in [0.717, 1.165) is 16.7 Å². The van der Waals surface area contributed by atoms with Gasteiger partial charge in [-0.25, -0.2) is 0 Å². The highest BCUT2D eigenvalue weighted by Crippen LogP contribution is 2.36. The molecule has 1 aliphatic rings. The summed E-state index contributed by atoms with van der Waals surface area (Å²) >= 11 is 3.85. The molecule has 0 saturated heterocycles. The van der Waals surface area contributed by atoms with Gasteiger partial charge in [-0.3, -0.25) is 0 Å². The van der Waals surface area contributed by atoms with Gasteiger partial charge in [0.15, 0.2) is 0 Å². The molecule has 3 unspecified atom stereocenters. The first kappa shape index (κ1) is 12.5. The summed E-state index contributed by atoms with van der Waals surface area (Å²) in [6, 6.07) is 0. The van der Waals surface area contributed by atoms with E-state index in [2.05, 4.69) is 29.8 Å². The van der Waals surface area contributed by atoms with E-state index in [1.165, 1.54) is 51.4 Å². The van der Waals surface area contributed by atoms with E-state index in [4.69, 9.17) is 0 Å². The highest BCUT2D eigenvalue weighted by atomic mass is 79.9. The van der Waals surface area contributed by atoms with Crippen molar-refractivity contribution in [2.45, 2.75) is 70.0 Å². The third kappa shape index (κ3) is 4.33. The van der Waals surface area contributed by atoms with Crippen LogP contribution in [0, 0.1) is 11.8 Å². The molecule has 0 aromatic heterocycles. The van der Waals surface area contributed by atoms with Crippen molar-refractivity contribution in [3.8, 4) is 0 Å². The maximum absolute atomic E-state index is 3.85. The summed E-state index contributed by atoms with van der Waals surface area (Å²) in [7, 11) is 0. The standard InChI is InChI=1S/C13H25Br/c1-3-4-5-6-7-12-10-11(2)8-9-13(12)14/h11-13H,3-10H2,1-2H3. The largest absolute Gasteiger partial charge is 0.0888 e. The predicted molar refractivity (Wildman–Crippen MR) is 68.0 cm³/mol. The van der Waals surface area contributed by atoms with Crippen LogP contribution in [0.2, 0.25) is 0 Å². The molecule has 1 aliphatic carbocycles. The van der Waals surface area contributed by atoms with Crippen LogP contribution >= 0.6 is 15.9 Å². The number of hydrogen-bond acceptors (Lipinski definition) is 0. The van der Waals surface area contributed by atoms with Crippen LogP contribution in [0.25, 0.3) is 0 Å². The van der Waals surface area contributed by atoms with Gasteiger partial charge in [0.05, 0.1) is 0 Å². The van der Waals surface area contributed by atoms with Crippen molar-refractivity contribution in [3.63, 3.8) is 0 Å². The molecule has 14 heavy (non-hydrogen) atoms. The minimum absolute atomic E-state index is 0.820. The maximum Gasteiger partial charge on any atom is 0.0174 e. The van der Waals surface area contributed by atoms with E-state index >= 15 is 0 Å². The summed E-state index contributed by atoms with van der Waals surface area (Å²) in [6.45, 7) is 4.70. The zero-order valence-electron chi connectivity index (χ0n) is 9.77. The number of unbranched alkanes of at least 4 members (excludes halogenated alkanes) is 3. The van der Waals surface area contributed by atoms with Crippen molar-refractivity contribution in [3.05, 3.63) is 0 Å². The fraction of sp³-hybridized carbons (Fsp3) is 1.00. The second-order valence-electron chi connectivity index (χ2n) is 5.04. The molecule has 1 heteroatoms. The third-order valence-corrected chi connectivity index (χ3v) is 4.79. The van der Waals surface area contributed by atoms with Gasteiger partial charge >= 0.3 is 0 Å². The molecule has 0 heterocycles. The van der Waals surface area contributed by atoms with Crippen molar-refractivity contribution in [1.29, 1.82) is 0 Å². The van der Waals surface area contributed by atoms with Crippen LogP contribution in [0.1, 0.15) is 65.2 Å². The second kappa shape index (κ2) is 6.87. The Bertz CT molecular complexity index is 144. The van der Waals surface area contributed by atoms with E-state index in [1.807, 2.05) is 0 Å². The number of hydrogen-bond donors (Lipinski definition) is 0. The molecule has 0 nitrogen and oxygen atoms in total. The summed E-state index contributed by atoms with van der Waals surface area (Å²) in [4.78, 5) is 0.820. The van der Waals surface area contributed by atoms with Gasteiger partial charge in [0.2, 0.25) is 0 Å². The zero-order valence-corrected chi connectivity index (χ0v) is 11.4. The Morgan fingerprint density at radius 2 is 1.93 bits per heavy atom. The van der Waals surface area contributed by atoms with Gasteiger partial charge in [0.1, 0.15) is 0 Å². The zero-order chi connectivity index (χ0) is 10.4. The minimum atomic E-state index is 0.820. The lowest BCUT2D eigenvalue weighted by Crippen LogP contribution is -2.23. The molecule has 0 amide bonds. The van der Waals surface area contributed by atoms with Crippen molar-refractivity contribution in [2.24, 2.45) is 11.8 Å². The first-order valence-electron chi connectivity index (χ1n) is 6.38. The summed E-state index contributed by atoms with van der Waals surface area (Å²) in [6.07, 6.45) is 11.4. The van der Waals surface area contributed by atoms with Gasteiger partial charge < -0.3 is 0 Å². The molecule has 1 fully saturated rings. The molecular weight excluding hydrogens is 236 g/mol. The maximum atomic E-state index is 3.85. The summed E-state index contributed by atoms with van der Waals surface area (Å²) in [5.41, 5.74) is 0. The Labute approximate surface area is 98.0 Å². The van der Waals surface area contributed by atoms with E-state index in [0.29, 0.717) is 0 Å². The molecule has 84 valence electrons. The molecule has 0 N–H and O–H groups in total. The fourth-order valence-corrected chi connectivity index (χ4v) is 3.34. The van der Waals surface area contributed by atoms with E-state index in [1.54, 1.807) is 0 Å². The molecule has 0 aromatic carbocycles. The minimum Gasteiger partial charge on any atom is -0.0888 e. The molecular formula is C13H25Br. The third-order valence-electron chi connectivity index (χ3n) is 3.58. The molecule has 0 aliphatic heterocycles. The highest BCUT2D eigenvalue weighted by molar-refractivity contribution is 9.09. The van der Waals surface area contributed by atoms with Crippen molar-refractivity contribution >= 4 is 15.9 Å². The van der Waals surface area contributed by atoms with Gasteiger partial charge in [0, 0.05) is 4.83 Å². The second-order valence-corrected chi connectivity index (χ2v) is 6.22. The Hall–Kier alpha value is 0.480. The molecule has 0 radical (unpaired) electrons. The quantitative estimate of drug-likeness (QED) is 0.474. The van der Waals surface area contributed by atoms with Gasteiger partial charge in [-0.2, -0.15) is 0 Å². The van der Waals surface area contributed by atoms with Crippen LogP contribution in [0.3, 0.4) is 0 Å². The van der Waals surface area contributed by atoms with E-state index in [-0.39, 0.29) is 0 Å². The lowest BCUT2D eigenvalue weighted by molar-refractivity contribution is 0.276. The molecule has 0 aromatic rings. The molecule has 1 saturated carbocycles. The SMILES string of the molecule is CCCCCCC1CC(C)CCC1Br. The first-order chi connectivity index (χ1) is 6.74. The van der Waals surface area contributed by atoms with Gasteiger partial charge in [-0.05, 0) is 37.5 Å². The van der Waals surface area contributed by atoms with Gasteiger partial charge in [-0.15, -0.1) is 0 Å². The smallest absolute Gasteiger partial charge is 0.0174 e.